The van der Waals surface area contributed by atoms with E-state index in [1.807, 2.05) is 30.3 Å². The second kappa shape index (κ2) is 5.46. The van der Waals surface area contributed by atoms with Gasteiger partial charge < -0.3 is 14.4 Å². The molecule has 2 atom stereocenters. The zero-order chi connectivity index (χ0) is 15.0. The van der Waals surface area contributed by atoms with Crippen LogP contribution in [-0.2, 0) is 11.3 Å². The van der Waals surface area contributed by atoms with Crippen molar-refractivity contribution in [3.05, 3.63) is 36.2 Å². The summed E-state index contributed by atoms with van der Waals surface area (Å²) in [6, 6.07) is 9.77. The minimum absolute atomic E-state index is 0.105. The number of rotatable bonds is 4. The minimum atomic E-state index is -0.105. The van der Waals surface area contributed by atoms with E-state index in [-0.39, 0.29) is 12.0 Å². The Morgan fingerprint density at radius 1 is 1.32 bits per heavy atom. The molecule has 116 valence electrons. The molecule has 2 aliphatic rings. The second-order valence-electron chi connectivity index (χ2n) is 6.28. The normalized spacial score (nSPS) is 28.1. The van der Waals surface area contributed by atoms with Gasteiger partial charge in [0.15, 0.2) is 5.82 Å². The Morgan fingerprint density at radius 3 is 2.95 bits per heavy atom. The highest BCUT2D eigenvalue weighted by Gasteiger charge is 2.50. The Labute approximate surface area is 128 Å². The standard InChI is InChI=1S/C16H19N3O3/c20-10-16-9-19(6-13(16)8-21-11-16)7-14-17-15(22-18-14)12-4-2-1-3-5-12/h1-5,13,20H,6-11H2/t13-,16-/m0/s1. The van der Waals surface area contributed by atoms with Crippen LogP contribution in [0.2, 0.25) is 0 Å². The number of likely N-dealkylation sites (tertiary alicyclic amines) is 1. The van der Waals surface area contributed by atoms with Crippen molar-refractivity contribution in [2.75, 3.05) is 32.9 Å². The van der Waals surface area contributed by atoms with Crippen molar-refractivity contribution in [3.8, 4) is 11.5 Å². The van der Waals surface area contributed by atoms with E-state index < -0.39 is 0 Å². The molecule has 2 aliphatic heterocycles. The van der Waals surface area contributed by atoms with E-state index in [1.165, 1.54) is 0 Å². The Bertz CT molecular complexity index is 645. The number of nitrogens with zero attached hydrogens (tertiary/aromatic N) is 3. The number of hydrogen-bond acceptors (Lipinski definition) is 6. The molecular weight excluding hydrogens is 282 g/mol. The Kier molecular flexibility index (Phi) is 3.44. The Morgan fingerprint density at radius 2 is 2.18 bits per heavy atom. The summed E-state index contributed by atoms with van der Waals surface area (Å²) in [7, 11) is 0. The van der Waals surface area contributed by atoms with E-state index in [0.717, 1.165) is 25.3 Å². The van der Waals surface area contributed by atoms with Crippen LogP contribution in [0.3, 0.4) is 0 Å². The summed E-state index contributed by atoms with van der Waals surface area (Å²) in [6.07, 6.45) is 0. The van der Waals surface area contributed by atoms with Gasteiger partial charge in [-0.2, -0.15) is 4.98 Å². The van der Waals surface area contributed by atoms with Gasteiger partial charge in [-0.3, -0.25) is 4.90 Å². The maximum Gasteiger partial charge on any atom is 0.257 e. The lowest BCUT2D eigenvalue weighted by atomic mass is 9.82. The largest absolute Gasteiger partial charge is 0.396 e. The van der Waals surface area contributed by atoms with E-state index in [2.05, 4.69) is 15.0 Å². The number of fused-ring (bicyclic) bond motifs is 1. The lowest BCUT2D eigenvalue weighted by Gasteiger charge is -2.23. The molecule has 0 spiro atoms. The summed E-state index contributed by atoms with van der Waals surface area (Å²) in [4.78, 5) is 6.75. The van der Waals surface area contributed by atoms with E-state index in [9.17, 15) is 5.11 Å². The van der Waals surface area contributed by atoms with Crippen LogP contribution in [0.25, 0.3) is 11.5 Å². The van der Waals surface area contributed by atoms with Gasteiger partial charge in [0.25, 0.3) is 5.89 Å². The zero-order valence-corrected chi connectivity index (χ0v) is 12.3. The van der Waals surface area contributed by atoms with Crippen LogP contribution in [0.4, 0.5) is 0 Å². The first-order valence-corrected chi connectivity index (χ1v) is 7.58. The summed E-state index contributed by atoms with van der Waals surface area (Å²) in [5, 5.41) is 13.8. The van der Waals surface area contributed by atoms with Gasteiger partial charge in [-0.05, 0) is 12.1 Å². The summed E-state index contributed by atoms with van der Waals surface area (Å²) >= 11 is 0. The van der Waals surface area contributed by atoms with Gasteiger partial charge in [-0.25, -0.2) is 0 Å². The number of aliphatic hydroxyl groups is 1. The minimum Gasteiger partial charge on any atom is -0.396 e. The van der Waals surface area contributed by atoms with Crippen LogP contribution in [-0.4, -0.2) is 53.1 Å². The smallest absolute Gasteiger partial charge is 0.257 e. The van der Waals surface area contributed by atoms with Crippen LogP contribution in [0.1, 0.15) is 5.82 Å². The molecule has 0 saturated carbocycles. The quantitative estimate of drug-likeness (QED) is 0.914. The van der Waals surface area contributed by atoms with Crippen LogP contribution < -0.4 is 0 Å². The average Bonchev–Trinajstić information content (AvgIpc) is 3.22. The molecule has 0 bridgehead atoms. The third kappa shape index (κ3) is 2.33. The molecule has 22 heavy (non-hydrogen) atoms. The van der Waals surface area contributed by atoms with Crippen LogP contribution in [0.5, 0.6) is 0 Å². The summed E-state index contributed by atoms with van der Waals surface area (Å²) in [6.45, 7) is 3.94. The molecule has 6 nitrogen and oxygen atoms in total. The molecule has 6 heteroatoms. The fourth-order valence-electron chi connectivity index (χ4n) is 3.50. The molecule has 1 aromatic heterocycles. The molecule has 1 aromatic carbocycles. The molecule has 0 amide bonds. The fourth-order valence-corrected chi connectivity index (χ4v) is 3.50. The third-order valence-corrected chi connectivity index (χ3v) is 4.76. The summed E-state index contributed by atoms with van der Waals surface area (Å²) in [5.41, 5.74) is 0.825. The van der Waals surface area contributed by atoms with E-state index >= 15 is 0 Å². The lowest BCUT2D eigenvalue weighted by molar-refractivity contribution is 0.0797. The van der Waals surface area contributed by atoms with Crippen molar-refractivity contribution < 1.29 is 14.4 Å². The highest BCUT2D eigenvalue weighted by Crippen LogP contribution is 2.41. The van der Waals surface area contributed by atoms with E-state index in [4.69, 9.17) is 9.26 Å². The number of hydrogen-bond donors (Lipinski definition) is 1. The topological polar surface area (TPSA) is 71.6 Å². The van der Waals surface area contributed by atoms with Gasteiger partial charge in [-0.1, -0.05) is 23.4 Å². The van der Waals surface area contributed by atoms with Crippen molar-refractivity contribution >= 4 is 0 Å². The van der Waals surface area contributed by atoms with Crippen LogP contribution in [0, 0.1) is 11.3 Å². The molecule has 3 heterocycles. The molecule has 1 N–H and O–H groups in total. The van der Waals surface area contributed by atoms with Crippen molar-refractivity contribution in [1.29, 1.82) is 0 Å². The monoisotopic (exact) mass is 301 g/mol. The molecular formula is C16H19N3O3. The molecule has 4 rings (SSSR count). The number of aliphatic hydroxyl groups excluding tert-OH is 1. The van der Waals surface area contributed by atoms with E-state index in [0.29, 0.717) is 30.8 Å². The van der Waals surface area contributed by atoms with Gasteiger partial charge in [0.2, 0.25) is 0 Å². The molecule has 0 unspecified atom stereocenters. The van der Waals surface area contributed by atoms with Gasteiger partial charge in [-0.15, -0.1) is 0 Å². The molecule has 2 saturated heterocycles. The van der Waals surface area contributed by atoms with Crippen molar-refractivity contribution in [2.24, 2.45) is 11.3 Å². The Balaban J connectivity index is 1.46. The van der Waals surface area contributed by atoms with Crippen molar-refractivity contribution in [2.45, 2.75) is 6.54 Å². The van der Waals surface area contributed by atoms with E-state index in [1.54, 1.807) is 0 Å². The molecule has 0 aliphatic carbocycles. The third-order valence-electron chi connectivity index (χ3n) is 4.76. The number of aromatic nitrogens is 2. The Hall–Kier alpha value is -1.76. The maximum absolute atomic E-state index is 9.71. The SMILES string of the molecule is OC[C@@]12COC[C@@H]1CN(Cc1noc(-c3ccccc3)n1)C2. The van der Waals surface area contributed by atoms with Gasteiger partial charge >= 0.3 is 0 Å². The highest BCUT2D eigenvalue weighted by atomic mass is 16.5. The first-order chi connectivity index (χ1) is 10.8. The molecule has 2 fully saturated rings. The lowest BCUT2D eigenvalue weighted by Crippen LogP contribution is -2.34. The van der Waals surface area contributed by atoms with Gasteiger partial charge in [0.1, 0.15) is 0 Å². The second-order valence-corrected chi connectivity index (χ2v) is 6.28. The molecule has 0 radical (unpaired) electrons. The predicted octanol–water partition coefficient (Wildman–Crippen LogP) is 1.18. The van der Waals surface area contributed by atoms with Gasteiger partial charge in [0, 0.05) is 30.0 Å². The summed E-state index contributed by atoms with van der Waals surface area (Å²) < 4.78 is 10.9. The fraction of sp³-hybridized carbons (Fsp3) is 0.500. The zero-order valence-electron chi connectivity index (χ0n) is 12.3. The molecule has 2 aromatic rings. The predicted molar refractivity (Wildman–Crippen MR) is 78.8 cm³/mol. The van der Waals surface area contributed by atoms with Crippen LogP contribution >= 0.6 is 0 Å². The highest BCUT2D eigenvalue weighted by molar-refractivity contribution is 5.51. The number of benzene rings is 1. The first-order valence-electron chi connectivity index (χ1n) is 7.58. The maximum atomic E-state index is 9.71. The van der Waals surface area contributed by atoms with Crippen molar-refractivity contribution in [1.82, 2.24) is 15.0 Å². The average molecular weight is 301 g/mol. The first kappa shape index (κ1) is 13.9. The summed E-state index contributed by atoms with van der Waals surface area (Å²) in [5.74, 6) is 1.64. The van der Waals surface area contributed by atoms with Crippen LogP contribution in [0.15, 0.2) is 34.9 Å². The van der Waals surface area contributed by atoms with Gasteiger partial charge in [0.05, 0.1) is 26.4 Å². The van der Waals surface area contributed by atoms with Crippen molar-refractivity contribution in [3.63, 3.8) is 0 Å². The number of ether oxygens (including phenoxy) is 1.